The number of benzene rings is 2. The van der Waals surface area contributed by atoms with Crippen LogP contribution in [0.4, 0.5) is 5.69 Å². The van der Waals surface area contributed by atoms with Crippen molar-refractivity contribution < 1.29 is 13.9 Å². The van der Waals surface area contributed by atoms with E-state index in [1.54, 1.807) is 24.3 Å². The van der Waals surface area contributed by atoms with Crippen LogP contribution in [0.5, 0.6) is 5.75 Å². The molecule has 0 aliphatic carbocycles. The number of carbonyl (C=O) groups is 1. The highest BCUT2D eigenvalue weighted by Crippen LogP contribution is 2.26. The van der Waals surface area contributed by atoms with E-state index in [2.05, 4.69) is 5.32 Å². The van der Waals surface area contributed by atoms with E-state index in [0.29, 0.717) is 27.0 Å². The van der Waals surface area contributed by atoms with Crippen molar-refractivity contribution in [2.75, 3.05) is 5.32 Å². The molecule has 0 unspecified atom stereocenters. The molecule has 4 nitrogen and oxygen atoms in total. The Bertz CT molecular complexity index is 846. The predicted molar refractivity (Wildman–Crippen MR) is 93.9 cm³/mol. The van der Waals surface area contributed by atoms with Crippen LogP contribution in [-0.2, 0) is 6.61 Å². The van der Waals surface area contributed by atoms with Crippen LogP contribution in [0.1, 0.15) is 16.1 Å². The third kappa shape index (κ3) is 3.91. The Kier molecular flexibility index (Phi) is 5.08. The number of hydrogen-bond acceptors (Lipinski definition) is 3. The second kappa shape index (κ2) is 7.43. The number of hydrogen-bond donors (Lipinski definition) is 1. The molecule has 1 aromatic heterocycles. The molecule has 0 saturated carbocycles. The summed E-state index contributed by atoms with van der Waals surface area (Å²) < 4.78 is 10.9. The molecule has 24 heavy (non-hydrogen) atoms. The number of furan rings is 1. The van der Waals surface area contributed by atoms with Gasteiger partial charge < -0.3 is 14.5 Å². The molecule has 3 rings (SSSR count). The molecule has 3 aromatic rings. The number of rotatable bonds is 5. The van der Waals surface area contributed by atoms with E-state index < -0.39 is 5.91 Å². The van der Waals surface area contributed by atoms with Crippen LogP contribution < -0.4 is 10.1 Å². The maximum Gasteiger partial charge on any atom is 0.291 e. The Hall–Kier alpha value is -2.43. The average Bonchev–Trinajstić information content (AvgIpc) is 3.06. The maximum atomic E-state index is 12.4. The van der Waals surface area contributed by atoms with Gasteiger partial charge in [-0.3, -0.25) is 4.79 Å². The lowest BCUT2D eigenvalue weighted by Gasteiger charge is -2.08. The van der Waals surface area contributed by atoms with Gasteiger partial charge >= 0.3 is 0 Å². The topological polar surface area (TPSA) is 51.5 Å². The largest absolute Gasteiger partial charge is 0.489 e. The first-order valence-electron chi connectivity index (χ1n) is 7.14. The first-order valence-corrected chi connectivity index (χ1v) is 7.89. The zero-order chi connectivity index (χ0) is 16.9. The maximum absolute atomic E-state index is 12.4. The Morgan fingerprint density at radius 3 is 2.67 bits per heavy atom. The molecule has 2 aromatic carbocycles. The summed E-state index contributed by atoms with van der Waals surface area (Å²) in [5.74, 6) is 0.459. The SMILES string of the molecule is O=C(Nc1cc(Cl)ccc1Cl)c1occc1COc1ccccc1. The van der Waals surface area contributed by atoms with Crippen LogP contribution >= 0.6 is 23.2 Å². The highest BCUT2D eigenvalue weighted by atomic mass is 35.5. The van der Waals surface area contributed by atoms with E-state index >= 15 is 0 Å². The van der Waals surface area contributed by atoms with Crippen LogP contribution in [0.2, 0.25) is 10.0 Å². The minimum absolute atomic E-state index is 0.168. The van der Waals surface area contributed by atoms with Gasteiger partial charge in [-0.1, -0.05) is 41.4 Å². The minimum atomic E-state index is -0.421. The second-order valence-electron chi connectivity index (χ2n) is 4.95. The van der Waals surface area contributed by atoms with Gasteiger partial charge in [0.15, 0.2) is 5.76 Å². The molecule has 6 heteroatoms. The normalized spacial score (nSPS) is 10.4. The number of nitrogens with one attached hydrogen (secondary N) is 1. The van der Waals surface area contributed by atoms with Crippen molar-refractivity contribution in [2.45, 2.75) is 6.61 Å². The molecular formula is C18H13Cl2NO3. The molecule has 0 aliphatic heterocycles. The first kappa shape index (κ1) is 16.4. The molecule has 0 atom stereocenters. The first-order chi connectivity index (χ1) is 11.6. The Morgan fingerprint density at radius 1 is 1.08 bits per heavy atom. The van der Waals surface area contributed by atoms with E-state index in [0.717, 1.165) is 0 Å². The minimum Gasteiger partial charge on any atom is -0.489 e. The van der Waals surface area contributed by atoms with E-state index in [1.807, 2.05) is 30.3 Å². The van der Waals surface area contributed by atoms with Crippen LogP contribution in [0.3, 0.4) is 0 Å². The van der Waals surface area contributed by atoms with Gasteiger partial charge in [0.1, 0.15) is 12.4 Å². The van der Waals surface area contributed by atoms with Crippen LogP contribution in [-0.4, -0.2) is 5.91 Å². The number of anilines is 1. The summed E-state index contributed by atoms with van der Waals surface area (Å²) in [4.78, 5) is 12.4. The van der Waals surface area contributed by atoms with Crippen molar-refractivity contribution in [3.8, 4) is 5.75 Å². The monoisotopic (exact) mass is 361 g/mol. The number of amides is 1. The van der Waals surface area contributed by atoms with E-state index in [-0.39, 0.29) is 12.4 Å². The third-order valence-electron chi connectivity index (χ3n) is 3.27. The summed E-state index contributed by atoms with van der Waals surface area (Å²) in [6.07, 6.45) is 1.44. The summed E-state index contributed by atoms with van der Waals surface area (Å²) >= 11 is 12.0. The van der Waals surface area contributed by atoms with Crippen LogP contribution in [0.15, 0.2) is 65.3 Å². The molecule has 0 aliphatic rings. The van der Waals surface area contributed by atoms with E-state index in [9.17, 15) is 4.79 Å². The fraction of sp³-hybridized carbons (Fsp3) is 0.0556. The summed E-state index contributed by atoms with van der Waals surface area (Å²) in [7, 11) is 0. The molecule has 0 saturated heterocycles. The van der Waals surface area contributed by atoms with Gasteiger partial charge in [0.25, 0.3) is 5.91 Å². The third-order valence-corrected chi connectivity index (χ3v) is 3.83. The van der Waals surface area contributed by atoms with E-state index in [1.165, 1.54) is 6.26 Å². The molecular weight excluding hydrogens is 349 g/mol. The zero-order valence-electron chi connectivity index (χ0n) is 12.5. The van der Waals surface area contributed by atoms with Crippen molar-refractivity contribution in [3.63, 3.8) is 0 Å². The smallest absolute Gasteiger partial charge is 0.291 e. The van der Waals surface area contributed by atoms with Crippen LogP contribution in [0, 0.1) is 0 Å². The van der Waals surface area contributed by atoms with Crippen molar-refractivity contribution in [2.24, 2.45) is 0 Å². The molecule has 1 heterocycles. The summed E-state index contributed by atoms with van der Waals surface area (Å²) in [6.45, 7) is 0.215. The van der Waals surface area contributed by atoms with Crippen molar-refractivity contribution in [3.05, 3.63) is 82.2 Å². The molecule has 1 N–H and O–H groups in total. The summed E-state index contributed by atoms with van der Waals surface area (Å²) in [5, 5.41) is 3.55. The van der Waals surface area contributed by atoms with Gasteiger partial charge in [-0.25, -0.2) is 0 Å². The number of para-hydroxylation sites is 1. The summed E-state index contributed by atoms with van der Waals surface area (Å²) in [5.41, 5.74) is 1.05. The lowest BCUT2D eigenvalue weighted by Crippen LogP contribution is -2.14. The number of ether oxygens (including phenoxy) is 1. The quantitative estimate of drug-likeness (QED) is 0.660. The fourth-order valence-corrected chi connectivity index (χ4v) is 2.44. The zero-order valence-corrected chi connectivity index (χ0v) is 14.0. The summed E-state index contributed by atoms with van der Waals surface area (Å²) in [6, 6.07) is 15.9. The lowest BCUT2D eigenvalue weighted by molar-refractivity contribution is 0.0993. The highest BCUT2D eigenvalue weighted by molar-refractivity contribution is 6.35. The van der Waals surface area contributed by atoms with Gasteiger partial charge in [0.05, 0.1) is 17.0 Å². The van der Waals surface area contributed by atoms with Gasteiger partial charge in [-0.15, -0.1) is 0 Å². The Labute approximate surface area is 149 Å². The van der Waals surface area contributed by atoms with Crippen molar-refractivity contribution >= 4 is 34.8 Å². The lowest BCUT2D eigenvalue weighted by atomic mass is 10.2. The van der Waals surface area contributed by atoms with Gasteiger partial charge in [-0.2, -0.15) is 0 Å². The average molecular weight is 362 g/mol. The predicted octanol–water partition coefficient (Wildman–Crippen LogP) is 5.42. The fourth-order valence-electron chi connectivity index (χ4n) is 2.10. The molecule has 0 radical (unpaired) electrons. The number of carbonyl (C=O) groups excluding carboxylic acids is 1. The molecule has 0 fully saturated rings. The van der Waals surface area contributed by atoms with Gasteiger partial charge in [-0.05, 0) is 36.4 Å². The van der Waals surface area contributed by atoms with E-state index in [4.69, 9.17) is 32.4 Å². The molecule has 0 bridgehead atoms. The van der Waals surface area contributed by atoms with Crippen molar-refractivity contribution in [1.29, 1.82) is 0 Å². The van der Waals surface area contributed by atoms with Gasteiger partial charge in [0.2, 0.25) is 0 Å². The van der Waals surface area contributed by atoms with Gasteiger partial charge in [0, 0.05) is 10.6 Å². The standard InChI is InChI=1S/C18H13Cl2NO3/c19-13-6-7-15(20)16(10-13)21-18(22)17-12(8-9-23-17)11-24-14-4-2-1-3-5-14/h1-10H,11H2,(H,21,22). The Morgan fingerprint density at radius 2 is 1.88 bits per heavy atom. The second-order valence-corrected chi connectivity index (χ2v) is 5.80. The highest BCUT2D eigenvalue weighted by Gasteiger charge is 2.17. The molecule has 1 amide bonds. The van der Waals surface area contributed by atoms with Crippen LogP contribution in [0.25, 0.3) is 0 Å². The number of halogens is 2. The molecule has 0 spiro atoms. The Balaban J connectivity index is 1.72. The molecule has 122 valence electrons. The van der Waals surface area contributed by atoms with Crippen molar-refractivity contribution in [1.82, 2.24) is 0 Å².